The monoisotopic (exact) mass is 167 g/mol. The number of hydrogen-bond acceptors (Lipinski definition) is 1. The first-order valence-corrected chi connectivity index (χ1v) is 3.58. The van der Waals surface area contributed by atoms with Crippen LogP contribution in [0.15, 0.2) is 0 Å². The summed E-state index contributed by atoms with van der Waals surface area (Å²) in [4.78, 5) is 0. The largest absolute Gasteiger partial charge is 0.392 e. The first-order chi connectivity index (χ1) is 4.81. The predicted octanol–water partition coefficient (Wildman–Crippen LogP) is 1.78. The summed E-state index contributed by atoms with van der Waals surface area (Å²) in [6.07, 6.45) is -4.06. The van der Waals surface area contributed by atoms with Crippen molar-refractivity contribution in [1.82, 2.24) is 0 Å². The molecule has 0 saturated heterocycles. The minimum Gasteiger partial charge on any atom is -0.330 e. The molecule has 11 heavy (non-hydrogen) atoms. The summed E-state index contributed by atoms with van der Waals surface area (Å²) >= 11 is 0. The fourth-order valence-corrected chi connectivity index (χ4v) is 1.83. The van der Waals surface area contributed by atoms with Crippen LogP contribution in [0, 0.1) is 17.3 Å². The molecule has 0 aromatic rings. The van der Waals surface area contributed by atoms with Gasteiger partial charge in [-0.25, -0.2) is 0 Å². The third-order valence-electron chi connectivity index (χ3n) is 2.66. The van der Waals surface area contributed by atoms with Crippen LogP contribution in [0.3, 0.4) is 0 Å². The number of hydrogen-bond donors (Lipinski definition) is 1. The summed E-state index contributed by atoms with van der Waals surface area (Å²) < 4.78 is 36.4. The molecule has 0 aliphatic heterocycles. The standard InChI is InChI=1S/C7H12F3N/c1-6(2)4(3-11)5(6)7(8,9)10/h4-5H,3,11H2,1-2H3/t4-,5-/m0/s1. The number of alkyl halides is 3. The van der Waals surface area contributed by atoms with Gasteiger partial charge in [0.25, 0.3) is 0 Å². The minimum atomic E-state index is -4.06. The van der Waals surface area contributed by atoms with Crippen molar-refractivity contribution in [2.75, 3.05) is 6.54 Å². The van der Waals surface area contributed by atoms with Crippen molar-refractivity contribution in [2.45, 2.75) is 20.0 Å². The maximum atomic E-state index is 12.1. The summed E-state index contributed by atoms with van der Waals surface area (Å²) in [5.74, 6) is -1.55. The number of halogens is 3. The Kier molecular flexibility index (Phi) is 1.71. The van der Waals surface area contributed by atoms with Gasteiger partial charge in [0.1, 0.15) is 0 Å². The second kappa shape index (κ2) is 2.12. The minimum absolute atomic E-state index is 0.136. The lowest BCUT2D eigenvalue weighted by molar-refractivity contribution is -0.157. The Bertz CT molecular complexity index is 162. The summed E-state index contributed by atoms with van der Waals surface area (Å²) in [5.41, 5.74) is 4.56. The van der Waals surface area contributed by atoms with Gasteiger partial charge >= 0.3 is 6.18 Å². The van der Waals surface area contributed by atoms with E-state index in [2.05, 4.69) is 0 Å². The van der Waals surface area contributed by atoms with E-state index in [-0.39, 0.29) is 12.5 Å². The van der Waals surface area contributed by atoms with Crippen LogP contribution in [-0.4, -0.2) is 12.7 Å². The van der Waals surface area contributed by atoms with Crippen LogP contribution in [0.4, 0.5) is 13.2 Å². The smallest absolute Gasteiger partial charge is 0.330 e. The van der Waals surface area contributed by atoms with E-state index in [1.807, 2.05) is 0 Å². The van der Waals surface area contributed by atoms with Crippen LogP contribution in [-0.2, 0) is 0 Å². The number of nitrogens with two attached hydrogens (primary N) is 1. The van der Waals surface area contributed by atoms with Crippen LogP contribution in [0.5, 0.6) is 0 Å². The lowest BCUT2D eigenvalue weighted by Crippen LogP contribution is -2.16. The molecular weight excluding hydrogens is 155 g/mol. The zero-order valence-electron chi connectivity index (χ0n) is 6.57. The maximum absolute atomic E-state index is 12.1. The van der Waals surface area contributed by atoms with Crippen LogP contribution < -0.4 is 5.73 Å². The Labute approximate surface area is 63.8 Å². The van der Waals surface area contributed by atoms with E-state index in [0.29, 0.717) is 0 Å². The highest BCUT2D eigenvalue weighted by atomic mass is 19.4. The van der Waals surface area contributed by atoms with Crippen LogP contribution >= 0.6 is 0 Å². The van der Waals surface area contributed by atoms with Gasteiger partial charge in [-0.05, 0) is 17.9 Å². The van der Waals surface area contributed by atoms with Gasteiger partial charge in [0, 0.05) is 0 Å². The van der Waals surface area contributed by atoms with Gasteiger partial charge in [-0.15, -0.1) is 0 Å². The summed E-state index contributed by atoms with van der Waals surface area (Å²) in [6, 6.07) is 0. The van der Waals surface area contributed by atoms with E-state index in [1.165, 1.54) is 0 Å². The molecule has 4 heteroatoms. The highest BCUT2D eigenvalue weighted by Gasteiger charge is 2.68. The van der Waals surface area contributed by atoms with Crippen molar-refractivity contribution in [1.29, 1.82) is 0 Å². The van der Waals surface area contributed by atoms with Crippen LogP contribution in [0.1, 0.15) is 13.8 Å². The molecule has 1 fully saturated rings. The van der Waals surface area contributed by atoms with E-state index < -0.39 is 17.5 Å². The molecule has 0 aromatic carbocycles. The molecule has 2 atom stereocenters. The van der Waals surface area contributed by atoms with Gasteiger partial charge < -0.3 is 5.73 Å². The van der Waals surface area contributed by atoms with Gasteiger partial charge in [-0.2, -0.15) is 13.2 Å². The van der Waals surface area contributed by atoms with Crippen LogP contribution in [0.2, 0.25) is 0 Å². The molecule has 1 nitrogen and oxygen atoms in total. The highest BCUT2D eigenvalue weighted by Crippen LogP contribution is 2.64. The molecule has 0 bridgehead atoms. The molecule has 1 rings (SSSR count). The normalized spacial score (nSPS) is 35.5. The SMILES string of the molecule is CC1(C)[C@@H](C(F)(F)F)[C@@H]1CN. The molecule has 1 aliphatic rings. The average molecular weight is 167 g/mol. The van der Waals surface area contributed by atoms with Crippen molar-refractivity contribution >= 4 is 0 Å². The Morgan fingerprint density at radius 3 is 1.91 bits per heavy atom. The van der Waals surface area contributed by atoms with E-state index >= 15 is 0 Å². The van der Waals surface area contributed by atoms with Gasteiger partial charge in [0.05, 0.1) is 5.92 Å². The molecule has 66 valence electrons. The Hall–Kier alpha value is -0.250. The number of rotatable bonds is 1. The molecule has 0 heterocycles. The van der Waals surface area contributed by atoms with Gasteiger partial charge in [0.2, 0.25) is 0 Å². The molecule has 0 radical (unpaired) electrons. The van der Waals surface area contributed by atoms with Crippen molar-refractivity contribution < 1.29 is 13.2 Å². The van der Waals surface area contributed by atoms with Gasteiger partial charge in [-0.1, -0.05) is 13.8 Å². The summed E-state index contributed by atoms with van der Waals surface area (Å²) in [7, 11) is 0. The third kappa shape index (κ3) is 1.24. The fourth-order valence-electron chi connectivity index (χ4n) is 1.83. The topological polar surface area (TPSA) is 26.0 Å². The summed E-state index contributed by atoms with van der Waals surface area (Å²) in [5, 5.41) is 0. The molecular formula is C7H12F3N. The molecule has 1 saturated carbocycles. The van der Waals surface area contributed by atoms with Crippen LogP contribution in [0.25, 0.3) is 0 Å². The molecule has 2 N–H and O–H groups in total. The van der Waals surface area contributed by atoms with Crippen molar-refractivity contribution in [2.24, 2.45) is 23.0 Å². The molecule has 1 aliphatic carbocycles. The predicted molar refractivity (Wildman–Crippen MR) is 35.9 cm³/mol. The van der Waals surface area contributed by atoms with Crippen molar-refractivity contribution in [3.63, 3.8) is 0 Å². The van der Waals surface area contributed by atoms with E-state index in [9.17, 15) is 13.2 Å². The third-order valence-corrected chi connectivity index (χ3v) is 2.66. The second-order valence-electron chi connectivity index (χ2n) is 3.68. The highest BCUT2D eigenvalue weighted by molar-refractivity contribution is 5.08. The van der Waals surface area contributed by atoms with E-state index in [1.54, 1.807) is 13.8 Å². The Morgan fingerprint density at radius 2 is 1.82 bits per heavy atom. The average Bonchev–Trinajstić information content (AvgIpc) is 2.31. The Balaban J connectivity index is 2.66. The Morgan fingerprint density at radius 1 is 1.36 bits per heavy atom. The molecule has 0 amide bonds. The zero-order chi connectivity index (χ0) is 8.86. The van der Waals surface area contributed by atoms with E-state index in [0.717, 1.165) is 0 Å². The second-order valence-corrected chi connectivity index (χ2v) is 3.68. The first-order valence-electron chi connectivity index (χ1n) is 3.58. The molecule has 0 spiro atoms. The lowest BCUT2D eigenvalue weighted by atomic mass is 10.1. The maximum Gasteiger partial charge on any atom is 0.392 e. The molecule has 0 unspecified atom stereocenters. The van der Waals surface area contributed by atoms with Crippen molar-refractivity contribution in [3.8, 4) is 0 Å². The molecule has 0 aromatic heterocycles. The van der Waals surface area contributed by atoms with Gasteiger partial charge in [-0.3, -0.25) is 0 Å². The lowest BCUT2D eigenvalue weighted by Gasteiger charge is -2.06. The van der Waals surface area contributed by atoms with Gasteiger partial charge in [0.15, 0.2) is 0 Å². The summed E-state index contributed by atoms with van der Waals surface area (Å²) in [6.45, 7) is 3.36. The first kappa shape index (κ1) is 8.84. The zero-order valence-corrected chi connectivity index (χ0v) is 6.57. The van der Waals surface area contributed by atoms with E-state index in [4.69, 9.17) is 5.73 Å². The quantitative estimate of drug-likeness (QED) is 0.633. The van der Waals surface area contributed by atoms with Crippen molar-refractivity contribution in [3.05, 3.63) is 0 Å². The fraction of sp³-hybridized carbons (Fsp3) is 1.00.